The molecule has 22 heavy (non-hydrogen) atoms. The van der Waals surface area contributed by atoms with E-state index < -0.39 is 12.2 Å². The number of hydrogen-bond acceptors (Lipinski definition) is 3. The van der Waals surface area contributed by atoms with Gasteiger partial charge in [0.2, 0.25) is 0 Å². The van der Waals surface area contributed by atoms with Crippen LogP contribution in [-0.2, 0) is 0 Å². The van der Waals surface area contributed by atoms with Crippen LogP contribution >= 0.6 is 40.7 Å². The minimum absolute atomic E-state index is 0. The second-order valence-corrected chi connectivity index (χ2v) is 5.81. The second-order valence-electron chi connectivity index (χ2n) is 4.89. The van der Waals surface area contributed by atoms with Crippen molar-refractivity contribution in [3.05, 3.63) is 27.7 Å². The fourth-order valence-corrected chi connectivity index (χ4v) is 3.08. The van der Waals surface area contributed by atoms with Crippen molar-refractivity contribution in [1.29, 1.82) is 0 Å². The van der Waals surface area contributed by atoms with E-state index in [1.165, 1.54) is 11.0 Å². The average molecular weight is 426 g/mol. The molecule has 1 atom stereocenters. The molecule has 3 nitrogen and oxygen atoms in total. The number of nitrogens with zero attached hydrogens (tertiary/aromatic N) is 1. The van der Waals surface area contributed by atoms with Gasteiger partial charge in [-0.3, -0.25) is 4.90 Å². The van der Waals surface area contributed by atoms with E-state index in [0.29, 0.717) is 36.2 Å². The first-order valence-electron chi connectivity index (χ1n) is 6.31. The maximum Gasteiger partial charge on any atom is 0.408 e. The van der Waals surface area contributed by atoms with Crippen LogP contribution in [0.1, 0.15) is 17.2 Å². The summed E-state index contributed by atoms with van der Waals surface area (Å²) in [6.07, 6.45) is -4.43. The summed E-state index contributed by atoms with van der Waals surface area (Å²) in [7, 11) is 0. The van der Waals surface area contributed by atoms with E-state index in [0.717, 1.165) is 0 Å². The van der Waals surface area contributed by atoms with E-state index in [4.69, 9.17) is 0 Å². The molecule has 2 rings (SSSR count). The lowest BCUT2D eigenvalue weighted by molar-refractivity contribution is -0.188. The van der Waals surface area contributed by atoms with Crippen molar-refractivity contribution < 1.29 is 18.3 Å². The summed E-state index contributed by atoms with van der Waals surface area (Å²) in [5.74, 6) is -0.283. The SMILES string of the molecule is Cc1cc(Br)cc([C@H](N2CCNCC2)C(F)(F)F)c1O.Cl.Cl. The number of phenolic OH excluding ortho intramolecular Hbond substituents is 1. The minimum atomic E-state index is -4.43. The quantitative estimate of drug-likeness (QED) is 0.756. The molecule has 1 saturated heterocycles. The molecule has 1 aliphatic rings. The summed E-state index contributed by atoms with van der Waals surface area (Å²) in [5, 5.41) is 13.1. The number of phenols is 1. The fraction of sp³-hybridized carbons (Fsp3) is 0.538. The summed E-state index contributed by atoms with van der Waals surface area (Å²) in [6.45, 7) is 3.22. The van der Waals surface area contributed by atoms with Gasteiger partial charge in [-0.15, -0.1) is 24.8 Å². The minimum Gasteiger partial charge on any atom is -0.507 e. The van der Waals surface area contributed by atoms with Crippen molar-refractivity contribution in [2.75, 3.05) is 26.2 Å². The molecule has 9 heteroatoms. The van der Waals surface area contributed by atoms with Gasteiger partial charge in [-0.05, 0) is 24.6 Å². The number of aryl methyl sites for hydroxylation is 1. The van der Waals surface area contributed by atoms with E-state index in [1.807, 2.05) is 0 Å². The van der Waals surface area contributed by atoms with Crippen LogP contribution in [0.2, 0.25) is 0 Å². The van der Waals surface area contributed by atoms with E-state index in [-0.39, 0.29) is 36.1 Å². The molecule has 0 amide bonds. The standard InChI is InChI=1S/C13H16BrF3N2O.2ClH/c1-8-6-9(14)7-10(11(8)20)12(13(15,16)17)19-4-2-18-3-5-19;;/h6-7,12,18,20H,2-5H2,1H3;2*1H/t12-;;/m0../s1. The molecule has 128 valence electrons. The van der Waals surface area contributed by atoms with Crippen molar-refractivity contribution in [3.63, 3.8) is 0 Å². The highest BCUT2D eigenvalue weighted by molar-refractivity contribution is 9.10. The maximum atomic E-state index is 13.4. The van der Waals surface area contributed by atoms with Crippen LogP contribution in [0.3, 0.4) is 0 Å². The smallest absolute Gasteiger partial charge is 0.408 e. The van der Waals surface area contributed by atoms with Gasteiger partial charge in [0, 0.05) is 36.2 Å². The summed E-state index contributed by atoms with van der Waals surface area (Å²) >= 11 is 3.20. The van der Waals surface area contributed by atoms with Crippen molar-refractivity contribution in [2.24, 2.45) is 0 Å². The fourth-order valence-electron chi connectivity index (χ4n) is 2.49. The summed E-state index contributed by atoms with van der Waals surface area (Å²) in [4.78, 5) is 1.36. The van der Waals surface area contributed by atoms with Gasteiger partial charge < -0.3 is 10.4 Å². The van der Waals surface area contributed by atoms with E-state index >= 15 is 0 Å². The number of piperazine rings is 1. The molecule has 0 saturated carbocycles. The van der Waals surface area contributed by atoms with Crippen LogP contribution in [0.25, 0.3) is 0 Å². The Morgan fingerprint density at radius 1 is 1.23 bits per heavy atom. The largest absolute Gasteiger partial charge is 0.507 e. The molecular weight excluding hydrogens is 408 g/mol. The Morgan fingerprint density at radius 3 is 2.27 bits per heavy atom. The van der Waals surface area contributed by atoms with Gasteiger partial charge in [-0.2, -0.15) is 13.2 Å². The molecular formula is C13H18BrCl2F3N2O. The van der Waals surface area contributed by atoms with Gasteiger partial charge in [0.1, 0.15) is 11.8 Å². The number of halogens is 6. The Bertz CT molecular complexity index is 497. The molecule has 1 aromatic rings. The first kappa shape index (κ1) is 21.8. The molecule has 0 aliphatic carbocycles. The van der Waals surface area contributed by atoms with Gasteiger partial charge >= 0.3 is 6.18 Å². The third-order valence-electron chi connectivity index (χ3n) is 3.42. The Kier molecular flexibility index (Phi) is 8.51. The van der Waals surface area contributed by atoms with E-state index in [9.17, 15) is 18.3 Å². The molecule has 1 heterocycles. The van der Waals surface area contributed by atoms with Crippen LogP contribution in [0.4, 0.5) is 13.2 Å². The average Bonchev–Trinajstić information content (AvgIpc) is 2.35. The lowest BCUT2D eigenvalue weighted by Crippen LogP contribution is -2.49. The van der Waals surface area contributed by atoms with Gasteiger partial charge in [0.05, 0.1) is 0 Å². The number of hydrogen-bond donors (Lipinski definition) is 2. The van der Waals surface area contributed by atoms with Crippen molar-refractivity contribution in [1.82, 2.24) is 10.2 Å². The molecule has 0 unspecified atom stereocenters. The zero-order valence-electron chi connectivity index (χ0n) is 11.8. The van der Waals surface area contributed by atoms with Gasteiger partial charge in [0.25, 0.3) is 0 Å². The van der Waals surface area contributed by atoms with Gasteiger partial charge in [-0.1, -0.05) is 15.9 Å². The molecule has 0 radical (unpaired) electrons. The monoisotopic (exact) mass is 424 g/mol. The lowest BCUT2D eigenvalue weighted by Gasteiger charge is -2.36. The third kappa shape index (κ3) is 4.89. The van der Waals surface area contributed by atoms with Crippen LogP contribution in [0.15, 0.2) is 16.6 Å². The topological polar surface area (TPSA) is 35.5 Å². The molecule has 1 fully saturated rings. The van der Waals surface area contributed by atoms with E-state index in [2.05, 4.69) is 21.2 Å². The van der Waals surface area contributed by atoms with Gasteiger partial charge in [-0.25, -0.2) is 0 Å². The predicted octanol–water partition coefficient (Wildman–Crippen LogP) is 3.82. The normalized spacial score (nSPS) is 17.3. The third-order valence-corrected chi connectivity index (χ3v) is 3.87. The summed E-state index contributed by atoms with van der Waals surface area (Å²) < 4.78 is 40.9. The highest BCUT2D eigenvalue weighted by atomic mass is 79.9. The number of aromatic hydroxyl groups is 1. The number of rotatable bonds is 2. The van der Waals surface area contributed by atoms with Crippen molar-refractivity contribution in [2.45, 2.75) is 19.1 Å². The lowest BCUT2D eigenvalue weighted by atomic mass is 10.00. The Labute approximate surface area is 148 Å². The first-order chi connectivity index (χ1) is 9.30. The summed E-state index contributed by atoms with van der Waals surface area (Å²) in [6, 6.07) is 1.17. The highest BCUT2D eigenvalue weighted by Gasteiger charge is 2.46. The van der Waals surface area contributed by atoms with Crippen LogP contribution in [0.5, 0.6) is 5.75 Å². The zero-order valence-corrected chi connectivity index (χ0v) is 15.0. The zero-order chi connectivity index (χ0) is 14.9. The van der Waals surface area contributed by atoms with Crippen LogP contribution in [-0.4, -0.2) is 42.4 Å². The number of alkyl halides is 3. The molecule has 0 aromatic heterocycles. The van der Waals surface area contributed by atoms with E-state index in [1.54, 1.807) is 13.0 Å². The maximum absolute atomic E-state index is 13.4. The number of benzene rings is 1. The molecule has 1 aliphatic heterocycles. The predicted molar refractivity (Wildman–Crippen MR) is 88.3 cm³/mol. The van der Waals surface area contributed by atoms with Crippen LogP contribution < -0.4 is 5.32 Å². The molecule has 2 N–H and O–H groups in total. The second kappa shape index (κ2) is 8.59. The van der Waals surface area contributed by atoms with Crippen molar-refractivity contribution >= 4 is 40.7 Å². The molecule has 0 bridgehead atoms. The Balaban J connectivity index is 0.00000220. The molecule has 1 aromatic carbocycles. The van der Waals surface area contributed by atoms with Gasteiger partial charge in [0.15, 0.2) is 0 Å². The Morgan fingerprint density at radius 2 is 1.77 bits per heavy atom. The van der Waals surface area contributed by atoms with Crippen LogP contribution in [0, 0.1) is 6.92 Å². The number of nitrogens with one attached hydrogen (secondary N) is 1. The van der Waals surface area contributed by atoms with Crippen molar-refractivity contribution in [3.8, 4) is 5.75 Å². The summed E-state index contributed by atoms with van der Waals surface area (Å²) in [5.41, 5.74) is 0.338. The Hall–Kier alpha value is -0.210. The molecule has 0 spiro atoms. The highest BCUT2D eigenvalue weighted by Crippen LogP contribution is 2.43. The first-order valence-corrected chi connectivity index (χ1v) is 7.10.